The highest BCUT2D eigenvalue weighted by Gasteiger charge is 2.20. The smallest absolute Gasteiger partial charge is 0.208 e. The van der Waals surface area contributed by atoms with E-state index in [4.69, 9.17) is 0 Å². The zero-order chi connectivity index (χ0) is 12.7. The van der Waals surface area contributed by atoms with Crippen LogP contribution in [0.15, 0.2) is 0 Å². The van der Waals surface area contributed by atoms with Crippen LogP contribution < -0.4 is 10.0 Å². The standard InChI is InChI=1S/C10H24N2O3S/c1-4-10(13,5-2)9-11-7-6-8-12-16(3,14)15/h11-13H,4-9H2,1-3H3. The monoisotopic (exact) mass is 252 g/mol. The zero-order valence-corrected chi connectivity index (χ0v) is 11.2. The van der Waals surface area contributed by atoms with Gasteiger partial charge in [0, 0.05) is 13.1 Å². The Labute approximate surface area is 98.7 Å². The normalized spacial score (nSPS) is 13.0. The summed E-state index contributed by atoms with van der Waals surface area (Å²) < 4.78 is 23.9. The molecule has 5 nitrogen and oxygen atoms in total. The van der Waals surface area contributed by atoms with Crippen LogP contribution in [0.2, 0.25) is 0 Å². The molecule has 98 valence electrons. The molecule has 0 aromatic carbocycles. The van der Waals surface area contributed by atoms with Gasteiger partial charge in [0.2, 0.25) is 10.0 Å². The minimum Gasteiger partial charge on any atom is -0.389 e. The molecule has 0 aliphatic carbocycles. The van der Waals surface area contributed by atoms with Crippen LogP contribution in [-0.4, -0.2) is 45.0 Å². The van der Waals surface area contributed by atoms with Gasteiger partial charge in [0.15, 0.2) is 0 Å². The first-order chi connectivity index (χ1) is 7.33. The van der Waals surface area contributed by atoms with Crippen molar-refractivity contribution in [1.82, 2.24) is 10.0 Å². The molecule has 0 bridgehead atoms. The van der Waals surface area contributed by atoms with Gasteiger partial charge < -0.3 is 10.4 Å². The van der Waals surface area contributed by atoms with E-state index in [1.54, 1.807) is 0 Å². The summed E-state index contributed by atoms with van der Waals surface area (Å²) in [6, 6.07) is 0. The maximum absolute atomic E-state index is 10.7. The second-order valence-corrected chi connectivity index (χ2v) is 5.96. The highest BCUT2D eigenvalue weighted by molar-refractivity contribution is 7.88. The number of hydrogen-bond acceptors (Lipinski definition) is 4. The maximum atomic E-state index is 10.7. The quantitative estimate of drug-likeness (QED) is 0.507. The van der Waals surface area contributed by atoms with Crippen LogP contribution in [0, 0.1) is 0 Å². The topological polar surface area (TPSA) is 78.4 Å². The van der Waals surface area contributed by atoms with Crippen molar-refractivity contribution in [2.45, 2.75) is 38.7 Å². The van der Waals surface area contributed by atoms with Crippen molar-refractivity contribution in [2.75, 3.05) is 25.9 Å². The molecule has 6 heteroatoms. The van der Waals surface area contributed by atoms with Crippen LogP contribution in [0.5, 0.6) is 0 Å². The minimum atomic E-state index is -3.08. The fourth-order valence-electron chi connectivity index (χ4n) is 1.29. The summed E-state index contributed by atoms with van der Waals surface area (Å²) in [5.41, 5.74) is -0.635. The molecule has 0 spiro atoms. The van der Waals surface area contributed by atoms with Gasteiger partial charge in [-0.25, -0.2) is 13.1 Å². The lowest BCUT2D eigenvalue weighted by molar-refractivity contribution is 0.0327. The van der Waals surface area contributed by atoms with Crippen molar-refractivity contribution in [2.24, 2.45) is 0 Å². The van der Waals surface area contributed by atoms with E-state index in [9.17, 15) is 13.5 Å². The van der Waals surface area contributed by atoms with Crippen LogP contribution in [-0.2, 0) is 10.0 Å². The second kappa shape index (κ2) is 7.21. The van der Waals surface area contributed by atoms with E-state index in [-0.39, 0.29) is 0 Å². The Morgan fingerprint density at radius 1 is 1.19 bits per heavy atom. The molecule has 0 atom stereocenters. The van der Waals surface area contributed by atoms with E-state index in [1.165, 1.54) is 0 Å². The van der Waals surface area contributed by atoms with E-state index in [0.29, 0.717) is 19.6 Å². The summed E-state index contributed by atoms with van der Waals surface area (Å²) in [5.74, 6) is 0. The molecule has 0 saturated carbocycles. The Balaban J connectivity index is 3.54. The van der Waals surface area contributed by atoms with Crippen molar-refractivity contribution in [1.29, 1.82) is 0 Å². The average molecular weight is 252 g/mol. The Bertz CT molecular complexity index is 274. The lowest BCUT2D eigenvalue weighted by Gasteiger charge is -2.25. The molecule has 3 N–H and O–H groups in total. The molecular weight excluding hydrogens is 228 g/mol. The van der Waals surface area contributed by atoms with Crippen LogP contribution in [0.25, 0.3) is 0 Å². The molecule has 0 rings (SSSR count). The summed E-state index contributed by atoms with van der Waals surface area (Å²) in [6.07, 6.45) is 3.31. The summed E-state index contributed by atoms with van der Waals surface area (Å²) >= 11 is 0. The lowest BCUT2D eigenvalue weighted by atomic mass is 9.98. The third kappa shape index (κ3) is 8.04. The first-order valence-electron chi connectivity index (χ1n) is 5.70. The number of aliphatic hydroxyl groups is 1. The van der Waals surface area contributed by atoms with Crippen molar-refractivity contribution in [3.05, 3.63) is 0 Å². The summed E-state index contributed by atoms with van der Waals surface area (Å²) in [6.45, 7) is 5.60. The Hall–Kier alpha value is -0.170. The van der Waals surface area contributed by atoms with Crippen molar-refractivity contribution in [3.8, 4) is 0 Å². The van der Waals surface area contributed by atoms with Gasteiger partial charge in [-0.05, 0) is 25.8 Å². The molecule has 0 fully saturated rings. The first-order valence-corrected chi connectivity index (χ1v) is 7.60. The van der Waals surface area contributed by atoms with Gasteiger partial charge in [-0.15, -0.1) is 0 Å². The van der Waals surface area contributed by atoms with Crippen LogP contribution in [0.1, 0.15) is 33.1 Å². The van der Waals surface area contributed by atoms with Gasteiger partial charge in [-0.2, -0.15) is 0 Å². The predicted molar refractivity (Wildman–Crippen MR) is 65.9 cm³/mol. The molecular formula is C10H24N2O3S. The zero-order valence-electron chi connectivity index (χ0n) is 10.4. The molecule has 0 amide bonds. The SMILES string of the molecule is CCC(O)(CC)CNCCCNS(C)(=O)=O. The third-order valence-electron chi connectivity index (χ3n) is 2.66. The first kappa shape index (κ1) is 15.8. The number of hydrogen-bond donors (Lipinski definition) is 3. The van der Waals surface area contributed by atoms with Gasteiger partial charge in [0.25, 0.3) is 0 Å². The maximum Gasteiger partial charge on any atom is 0.208 e. The third-order valence-corrected chi connectivity index (χ3v) is 3.39. The number of rotatable bonds is 9. The molecule has 16 heavy (non-hydrogen) atoms. The molecule has 0 aromatic rings. The molecule has 0 aliphatic heterocycles. The molecule has 0 unspecified atom stereocenters. The van der Waals surface area contributed by atoms with E-state index in [2.05, 4.69) is 10.0 Å². The fraction of sp³-hybridized carbons (Fsp3) is 1.00. The summed E-state index contributed by atoms with van der Waals surface area (Å²) in [7, 11) is -3.08. The van der Waals surface area contributed by atoms with Gasteiger partial charge in [-0.1, -0.05) is 13.8 Å². The summed E-state index contributed by atoms with van der Waals surface area (Å²) in [5, 5.41) is 13.1. The van der Waals surface area contributed by atoms with E-state index < -0.39 is 15.6 Å². The van der Waals surface area contributed by atoms with Crippen molar-refractivity contribution in [3.63, 3.8) is 0 Å². The second-order valence-electron chi connectivity index (χ2n) is 4.13. The molecule has 0 aliphatic rings. The number of nitrogens with one attached hydrogen (secondary N) is 2. The Morgan fingerprint density at radius 3 is 2.19 bits per heavy atom. The van der Waals surface area contributed by atoms with E-state index in [0.717, 1.165) is 25.5 Å². The van der Waals surface area contributed by atoms with Crippen molar-refractivity contribution >= 4 is 10.0 Å². The van der Waals surface area contributed by atoms with Crippen LogP contribution in [0.3, 0.4) is 0 Å². The van der Waals surface area contributed by atoms with Gasteiger partial charge in [-0.3, -0.25) is 0 Å². The molecule has 0 heterocycles. The Morgan fingerprint density at radius 2 is 1.75 bits per heavy atom. The Kier molecular flexibility index (Phi) is 7.14. The van der Waals surface area contributed by atoms with E-state index >= 15 is 0 Å². The molecule has 0 aromatic heterocycles. The average Bonchev–Trinajstić information content (AvgIpc) is 2.21. The minimum absolute atomic E-state index is 0.433. The lowest BCUT2D eigenvalue weighted by Crippen LogP contribution is -2.40. The summed E-state index contributed by atoms with van der Waals surface area (Å²) in [4.78, 5) is 0. The largest absolute Gasteiger partial charge is 0.389 e. The predicted octanol–water partition coefficient (Wildman–Crippen LogP) is 0.0664. The molecule has 0 radical (unpaired) electrons. The van der Waals surface area contributed by atoms with Crippen LogP contribution in [0.4, 0.5) is 0 Å². The van der Waals surface area contributed by atoms with Gasteiger partial charge in [0.05, 0.1) is 11.9 Å². The number of sulfonamides is 1. The highest BCUT2D eigenvalue weighted by atomic mass is 32.2. The van der Waals surface area contributed by atoms with Gasteiger partial charge in [0.1, 0.15) is 0 Å². The van der Waals surface area contributed by atoms with Gasteiger partial charge >= 0.3 is 0 Å². The van der Waals surface area contributed by atoms with Crippen molar-refractivity contribution < 1.29 is 13.5 Å². The molecule has 0 saturated heterocycles. The van der Waals surface area contributed by atoms with E-state index in [1.807, 2.05) is 13.8 Å². The fourth-order valence-corrected chi connectivity index (χ4v) is 1.81. The highest BCUT2D eigenvalue weighted by Crippen LogP contribution is 2.12. The van der Waals surface area contributed by atoms with Crippen LogP contribution >= 0.6 is 0 Å².